The molecule has 1 aliphatic carbocycles. The first kappa shape index (κ1) is 16.4. The molecule has 0 bridgehead atoms. The normalized spacial score (nSPS) is 20.4. The molecule has 2 aromatic rings. The molecule has 1 aromatic carbocycles. The van der Waals surface area contributed by atoms with Gasteiger partial charge < -0.3 is 15.0 Å². The highest BCUT2D eigenvalue weighted by atomic mass is 16.6. The van der Waals surface area contributed by atoms with Crippen LogP contribution in [-0.2, 0) is 21.7 Å². The Labute approximate surface area is 157 Å². The maximum absolute atomic E-state index is 12.6. The van der Waals surface area contributed by atoms with Crippen LogP contribution in [0.3, 0.4) is 0 Å². The van der Waals surface area contributed by atoms with Crippen LogP contribution in [0.25, 0.3) is 0 Å². The van der Waals surface area contributed by atoms with Crippen LogP contribution in [-0.4, -0.2) is 39.8 Å². The van der Waals surface area contributed by atoms with E-state index < -0.39 is 5.54 Å². The van der Waals surface area contributed by atoms with Gasteiger partial charge in [0.05, 0.1) is 5.69 Å². The number of nitrogens with zero attached hydrogens (tertiary/aromatic N) is 3. The summed E-state index contributed by atoms with van der Waals surface area (Å²) in [5.41, 5.74) is 1.37. The number of carbonyl (C=O) groups excluding carboxylic acids is 2. The fourth-order valence-corrected chi connectivity index (χ4v) is 4.03. The summed E-state index contributed by atoms with van der Waals surface area (Å²) in [5.74, 6) is 1.33. The first-order valence-electron chi connectivity index (χ1n) is 9.53. The number of ether oxygens (including phenoxy) is 1. The molecular weight excluding hydrogens is 344 g/mol. The van der Waals surface area contributed by atoms with E-state index in [0.717, 1.165) is 17.1 Å². The van der Waals surface area contributed by atoms with Gasteiger partial charge in [0.25, 0.3) is 5.91 Å². The van der Waals surface area contributed by atoms with Crippen molar-refractivity contribution >= 4 is 17.8 Å². The molecule has 5 rings (SSSR count). The van der Waals surface area contributed by atoms with Gasteiger partial charge in [0, 0.05) is 25.1 Å². The average Bonchev–Trinajstić information content (AvgIpc) is 3.42. The van der Waals surface area contributed by atoms with E-state index in [0.29, 0.717) is 31.8 Å². The molecule has 1 aromatic heterocycles. The molecule has 1 saturated carbocycles. The first-order valence-corrected chi connectivity index (χ1v) is 9.53. The van der Waals surface area contributed by atoms with Gasteiger partial charge in [0.1, 0.15) is 18.0 Å². The van der Waals surface area contributed by atoms with Gasteiger partial charge >= 0.3 is 6.09 Å². The van der Waals surface area contributed by atoms with Gasteiger partial charge in [0.2, 0.25) is 0 Å². The third-order valence-corrected chi connectivity index (χ3v) is 5.85. The predicted molar refractivity (Wildman–Crippen MR) is 98.2 cm³/mol. The lowest BCUT2D eigenvalue weighted by molar-refractivity contribution is -0.125. The van der Waals surface area contributed by atoms with Gasteiger partial charge in [-0.25, -0.2) is 9.48 Å². The number of likely N-dealkylation sites (tertiary alicyclic amines) is 1. The molecule has 1 saturated heterocycles. The summed E-state index contributed by atoms with van der Waals surface area (Å²) < 4.78 is 7.29. The summed E-state index contributed by atoms with van der Waals surface area (Å²) in [6.45, 7) is 1.23. The second kappa shape index (κ2) is 6.11. The van der Waals surface area contributed by atoms with E-state index in [1.165, 1.54) is 12.8 Å². The molecule has 0 unspecified atom stereocenters. The van der Waals surface area contributed by atoms with Crippen molar-refractivity contribution < 1.29 is 14.3 Å². The van der Waals surface area contributed by atoms with E-state index in [1.807, 2.05) is 41.1 Å². The van der Waals surface area contributed by atoms with Crippen molar-refractivity contribution in [3.8, 4) is 0 Å². The Hall–Kier alpha value is -2.83. The summed E-state index contributed by atoms with van der Waals surface area (Å²) >= 11 is 0. The van der Waals surface area contributed by atoms with Gasteiger partial charge in [-0.3, -0.25) is 4.79 Å². The number of hydrogen-bond acceptors (Lipinski definition) is 4. The minimum absolute atomic E-state index is 0.00958. The Morgan fingerprint density at radius 3 is 2.67 bits per heavy atom. The Bertz CT molecular complexity index is 880. The highest BCUT2D eigenvalue weighted by Gasteiger charge is 2.50. The lowest BCUT2D eigenvalue weighted by atomic mass is 9.88. The summed E-state index contributed by atoms with van der Waals surface area (Å²) in [4.78, 5) is 26.7. The maximum Gasteiger partial charge on any atom is 0.410 e. The first-order chi connectivity index (χ1) is 13.2. The van der Waals surface area contributed by atoms with Crippen molar-refractivity contribution in [3.05, 3.63) is 47.7 Å². The minimum Gasteiger partial charge on any atom is -0.445 e. The standard InChI is InChI=1S/C20H22N4O3/c25-18-20(24-17(21-18)12-16(22-24)15-6-7-15)8-10-23(11-9-20)19(26)27-13-14-4-2-1-3-5-14/h1-5,12,15H,6-11,13H2,(H,21,25). The quantitative estimate of drug-likeness (QED) is 0.906. The van der Waals surface area contributed by atoms with Gasteiger partial charge in [-0.2, -0.15) is 5.10 Å². The van der Waals surface area contributed by atoms with Gasteiger partial charge in [-0.1, -0.05) is 30.3 Å². The molecule has 3 aliphatic rings. The number of nitrogens with one attached hydrogen (secondary N) is 1. The van der Waals surface area contributed by atoms with E-state index in [1.54, 1.807) is 4.90 Å². The van der Waals surface area contributed by atoms with Crippen LogP contribution < -0.4 is 5.32 Å². The molecule has 2 fully saturated rings. The number of amides is 2. The SMILES string of the molecule is O=C(OCc1ccccc1)N1CCC2(CC1)C(=O)Nc1cc(C3CC3)nn12. The number of anilines is 1. The highest BCUT2D eigenvalue weighted by Crippen LogP contribution is 2.44. The average molecular weight is 366 g/mol. The fourth-order valence-electron chi connectivity index (χ4n) is 4.03. The van der Waals surface area contributed by atoms with Crippen LogP contribution >= 0.6 is 0 Å². The summed E-state index contributed by atoms with van der Waals surface area (Å²) in [5, 5.41) is 7.70. The number of piperidine rings is 1. The molecule has 140 valence electrons. The molecule has 3 heterocycles. The third kappa shape index (κ3) is 2.78. The summed E-state index contributed by atoms with van der Waals surface area (Å²) in [6.07, 6.45) is 3.14. The van der Waals surface area contributed by atoms with Crippen LogP contribution in [0.15, 0.2) is 36.4 Å². The molecule has 7 nitrogen and oxygen atoms in total. The van der Waals surface area contributed by atoms with Crippen LogP contribution in [0.1, 0.15) is 42.9 Å². The van der Waals surface area contributed by atoms with E-state index in [-0.39, 0.29) is 18.6 Å². The molecule has 2 amide bonds. The van der Waals surface area contributed by atoms with Gasteiger partial charge in [-0.05, 0) is 31.2 Å². The van der Waals surface area contributed by atoms with Crippen LogP contribution in [0.5, 0.6) is 0 Å². The van der Waals surface area contributed by atoms with E-state index >= 15 is 0 Å². The molecule has 1 N–H and O–H groups in total. The van der Waals surface area contributed by atoms with Gasteiger partial charge in [-0.15, -0.1) is 0 Å². The minimum atomic E-state index is -0.668. The zero-order valence-electron chi connectivity index (χ0n) is 15.1. The smallest absolute Gasteiger partial charge is 0.410 e. The summed E-state index contributed by atoms with van der Waals surface area (Å²) in [7, 11) is 0. The lowest BCUT2D eigenvalue weighted by Gasteiger charge is -2.37. The van der Waals surface area contributed by atoms with E-state index in [2.05, 4.69) is 5.32 Å². The van der Waals surface area contributed by atoms with Crippen molar-refractivity contribution in [1.29, 1.82) is 0 Å². The Kier molecular flexibility index (Phi) is 3.70. The number of benzene rings is 1. The zero-order chi connectivity index (χ0) is 18.4. The number of carbonyl (C=O) groups is 2. The van der Waals surface area contributed by atoms with Crippen molar-refractivity contribution in [2.24, 2.45) is 0 Å². The van der Waals surface area contributed by atoms with Gasteiger partial charge in [0.15, 0.2) is 0 Å². The number of aromatic nitrogens is 2. The molecule has 27 heavy (non-hydrogen) atoms. The Morgan fingerprint density at radius 1 is 1.22 bits per heavy atom. The topological polar surface area (TPSA) is 76.5 Å². The highest BCUT2D eigenvalue weighted by molar-refractivity contribution is 6.00. The number of fused-ring (bicyclic) bond motifs is 2. The van der Waals surface area contributed by atoms with Crippen LogP contribution in [0.2, 0.25) is 0 Å². The van der Waals surface area contributed by atoms with E-state index in [9.17, 15) is 9.59 Å². The predicted octanol–water partition coefficient (Wildman–Crippen LogP) is 2.84. The van der Waals surface area contributed by atoms with Crippen molar-refractivity contribution in [2.45, 2.75) is 43.7 Å². The number of hydrogen-bond donors (Lipinski definition) is 1. The Morgan fingerprint density at radius 2 is 1.96 bits per heavy atom. The van der Waals surface area contributed by atoms with E-state index in [4.69, 9.17) is 9.84 Å². The van der Waals surface area contributed by atoms with Crippen LogP contribution in [0, 0.1) is 0 Å². The Balaban J connectivity index is 1.25. The fraction of sp³-hybridized carbons (Fsp3) is 0.450. The molecule has 2 aliphatic heterocycles. The molecular formula is C20H22N4O3. The molecule has 1 spiro atoms. The maximum atomic E-state index is 12.6. The monoisotopic (exact) mass is 366 g/mol. The number of rotatable bonds is 3. The zero-order valence-corrected chi connectivity index (χ0v) is 15.1. The van der Waals surface area contributed by atoms with Crippen molar-refractivity contribution in [3.63, 3.8) is 0 Å². The van der Waals surface area contributed by atoms with Crippen molar-refractivity contribution in [1.82, 2.24) is 14.7 Å². The molecule has 0 radical (unpaired) electrons. The third-order valence-electron chi connectivity index (χ3n) is 5.85. The molecule has 7 heteroatoms. The summed E-state index contributed by atoms with van der Waals surface area (Å²) in [6, 6.07) is 11.6. The van der Waals surface area contributed by atoms with Crippen LogP contribution in [0.4, 0.5) is 10.6 Å². The second-order valence-electron chi connectivity index (χ2n) is 7.65. The lowest BCUT2D eigenvalue weighted by Crippen LogP contribution is -2.51. The largest absolute Gasteiger partial charge is 0.445 e. The van der Waals surface area contributed by atoms with Crippen molar-refractivity contribution in [2.75, 3.05) is 18.4 Å². The second-order valence-corrected chi connectivity index (χ2v) is 7.65. The molecule has 0 atom stereocenters.